The van der Waals surface area contributed by atoms with E-state index in [-0.39, 0.29) is 24.0 Å². The van der Waals surface area contributed by atoms with E-state index in [0.717, 1.165) is 17.7 Å². The molecule has 0 radical (unpaired) electrons. The smallest absolute Gasteiger partial charge is 0.223 e. The highest BCUT2D eigenvalue weighted by atomic mass is 16.5. The first-order valence-electron chi connectivity index (χ1n) is 7.01. The number of carbonyl (C=O) groups is 1. The van der Waals surface area contributed by atoms with Gasteiger partial charge in [0.15, 0.2) is 0 Å². The second-order valence-corrected chi connectivity index (χ2v) is 5.28. The van der Waals surface area contributed by atoms with Crippen LogP contribution in [0, 0.1) is 5.92 Å². The van der Waals surface area contributed by atoms with E-state index < -0.39 is 0 Å². The van der Waals surface area contributed by atoms with Crippen LogP contribution in [0.2, 0.25) is 0 Å². The van der Waals surface area contributed by atoms with Crippen LogP contribution in [-0.4, -0.2) is 12.0 Å². The van der Waals surface area contributed by atoms with Gasteiger partial charge in [0.1, 0.15) is 5.75 Å². The molecule has 0 spiro atoms. The molecule has 0 aliphatic heterocycles. The summed E-state index contributed by atoms with van der Waals surface area (Å²) in [6.07, 6.45) is 1.04. The molecule has 2 unspecified atom stereocenters. The molecule has 3 nitrogen and oxygen atoms in total. The molecule has 1 aromatic carbocycles. The van der Waals surface area contributed by atoms with E-state index in [9.17, 15) is 4.79 Å². The third kappa shape index (κ3) is 4.93. The largest absolute Gasteiger partial charge is 0.491 e. The number of benzene rings is 1. The monoisotopic (exact) mass is 263 g/mol. The van der Waals surface area contributed by atoms with Crippen molar-refractivity contribution in [2.75, 3.05) is 0 Å². The Hall–Kier alpha value is -1.51. The van der Waals surface area contributed by atoms with Gasteiger partial charge in [0.25, 0.3) is 0 Å². The highest BCUT2D eigenvalue weighted by Gasteiger charge is 2.14. The van der Waals surface area contributed by atoms with Crippen LogP contribution in [0.5, 0.6) is 5.75 Å². The van der Waals surface area contributed by atoms with Gasteiger partial charge in [-0.3, -0.25) is 4.79 Å². The standard InChI is InChI=1S/C16H25NO2/c1-6-12(4)16(18)17-13(5)14-7-9-15(10-8-14)19-11(2)3/h7-13H,6H2,1-5H3,(H,17,18). The van der Waals surface area contributed by atoms with Crippen LogP contribution in [0.15, 0.2) is 24.3 Å². The lowest BCUT2D eigenvalue weighted by Gasteiger charge is -2.18. The summed E-state index contributed by atoms with van der Waals surface area (Å²) in [5, 5.41) is 3.03. The zero-order valence-corrected chi connectivity index (χ0v) is 12.6. The van der Waals surface area contributed by atoms with Gasteiger partial charge in [0.2, 0.25) is 5.91 Å². The molecule has 19 heavy (non-hydrogen) atoms. The summed E-state index contributed by atoms with van der Waals surface area (Å²) in [7, 11) is 0. The fraction of sp³-hybridized carbons (Fsp3) is 0.562. The molecule has 1 amide bonds. The van der Waals surface area contributed by atoms with Gasteiger partial charge < -0.3 is 10.1 Å². The molecule has 3 heteroatoms. The molecule has 1 aromatic rings. The molecule has 0 aliphatic rings. The first-order chi connectivity index (χ1) is 8.93. The van der Waals surface area contributed by atoms with Gasteiger partial charge in [-0.05, 0) is 44.9 Å². The number of carbonyl (C=O) groups excluding carboxylic acids is 1. The Labute approximate surface area is 116 Å². The third-order valence-corrected chi connectivity index (χ3v) is 3.17. The van der Waals surface area contributed by atoms with Gasteiger partial charge >= 0.3 is 0 Å². The highest BCUT2D eigenvalue weighted by molar-refractivity contribution is 5.78. The van der Waals surface area contributed by atoms with Crippen LogP contribution in [0.3, 0.4) is 0 Å². The summed E-state index contributed by atoms with van der Waals surface area (Å²) in [6, 6.07) is 7.91. The predicted octanol–water partition coefficient (Wildman–Crippen LogP) is 3.70. The first kappa shape index (κ1) is 15.5. The molecule has 0 fully saturated rings. The fourth-order valence-corrected chi connectivity index (χ4v) is 1.73. The maximum absolute atomic E-state index is 11.8. The SMILES string of the molecule is CCC(C)C(=O)NC(C)c1ccc(OC(C)C)cc1. The van der Waals surface area contributed by atoms with Crippen molar-refractivity contribution in [2.45, 2.75) is 53.2 Å². The van der Waals surface area contributed by atoms with Gasteiger partial charge in [-0.25, -0.2) is 0 Å². The van der Waals surface area contributed by atoms with E-state index in [0.29, 0.717) is 0 Å². The summed E-state index contributed by atoms with van der Waals surface area (Å²) in [5.41, 5.74) is 1.09. The quantitative estimate of drug-likeness (QED) is 0.850. The number of ether oxygens (including phenoxy) is 1. The average molecular weight is 263 g/mol. The van der Waals surface area contributed by atoms with Crippen molar-refractivity contribution in [1.82, 2.24) is 5.32 Å². The van der Waals surface area contributed by atoms with Crippen molar-refractivity contribution in [3.05, 3.63) is 29.8 Å². The van der Waals surface area contributed by atoms with Gasteiger partial charge in [-0.2, -0.15) is 0 Å². The summed E-state index contributed by atoms with van der Waals surface area (Å²) in [4.78, 5) is 11.8. The number of hydrogen-bond donors (Lipinski definition) is 1. The van der Waals surface area contributed by atoms with Crippen LogP contribution in [0.1, 0.15) is 52.6 Å². The van der Waals surface area contributed by atoms with Crippen LogP contribution >= 0.6 is 0 Å². The Morgan fingerprint density at radius 2 is 1.74 bits per heavy atom. The summed E-state index contributed by atoms with van der Waals surface area (Å²) < 4.78 is 5.60. The highest BCUT2D eigenvalue weighted by Crippen LogP contribution is 2.19. The molecular formula is C16H25NO2. The predicted molar refractivity (Wildman–Crippen MR) is 78.2 cm³/mol. The number of amides is 1. The molecule has 0 saturated heterocycles. The van der Waals surface area contributed by atoms with E-state index >= 15 is 0 Å². The molecule has 106 valence electrons. The lowest BCUT2D eigenvalue weighted by Crippen LogP contribution is -2.31. The minimum Gasteiger partial charge on any atom is -0.491 e. The van der Waals surface area contributed by atoms with Crippen molar-refractivity contribution < 1.29 is 9.53 Å². The zero-order chi connectivity index (χ0) is 14.4. The number of rotatable bonds is 6. The molecule has 1 rings (SSSR count). The minimum absolute atomic E-state index is 0.0228. The molecule has 0 aliphatic carbocycles. The van der Waals surface area contributed by atoms with Crippen molar-refractivity contribution >= 4 is 5.91 Å². The molecule has 0 bridgehead atoms. The Bertz CT molecular complexity index is 398. The second-order valence-electron chi connectivity index (χ2n) is 5.28. The average Bonchev–Trinajstić information content (AvgIpc) is 2.37. The van der Waals surface area contributed by atoms with Crippen LogP contribution in [0.4, 0.5) is 0 Å². The second kappa shape index (κ2) is 7.17. The lowest BCUT2D eigenvalue weighted by atomic mass is 10.1. The molecular weight excluding hydrogens is 238 g/mol. The fourth-order valence-electron chi connectivity index (χ4n) is 1.73. The van der Waals surface area contributed by atoms with Crippen LogP contribution < -0.4 is 10.1 Å². The summed E-state index contributed by atoms with van der Waals surface area (Å²) in [6.45, 7) is 9.97. The minimum atomic E-state index is 0.0228. The molecule has 2 atom stereocenters. The van der Waals surface area contributed by atoms with E-state index in [2.05, 4.69) is 5.32 Å². The van der Waals surface area contributed by atoms with Gasteiger partial charge in [-0.15, -0.1) is 0 Å². The normalized spacial score (nSPS) is 14.0. The number of nitrogens with one attached hydrogen (secondary N) is 1. The summed E-state index contributed by atoms with van der Waals surface area (Å²) >= 11 is 0. The van der Waals surface area contributed by atoms with E-state index in [1.807, 2.05) is 58.9 Å². The molecule has 0 aromatic heterocycles. The van der Waals surface area contributed by atoms with E-state index in [1.165, 1.54) is 0 Å². The lowest BCUT2D eigenvalue weighted by molar-refractivity contribution is -0.125. The van der Waals surface area contributed by atoms with Crippen molar-refractivity contribution in [3.63, 3.8) is 0 Å². The zero-order valence-electron chi connectivity index (χ0n) is 12.6. The van der Waals surface area contributed by atoms with E-state index in [4.69, 9.17) is 4.74 Å². The van der Waals surface area contributed by atoms with Crippen LogP contribution in [-0.2, 0) is 4.79 Å². The van der Waals surface area contributed by atoms with Crippen molar-refractivity contribution in [2.24, 2.45) is 5.92 Å². The van der Waals surface area contributed by atoms with Crippen LogP contribution in [0.25, 0.3) is 0 Å². The Balaban J connectivity index is 2.62. The Morgan fingerprint density at radius 1 is 1.16 bits per heavy atom. The van der Waals surface area contributed by atoms with Crippen molar-refractivity contribution in [1.29, 1.82) is 0 Å². The first-order valence-corrected chi connectivity index (χ1v) is 7.01. The van der Waals surface area contributed by atoms with Crippen molar-refractivity contribution in [3.8, 4) is 5.75 Å². The number of hydrogen-bond acceptors (Lipinski definition) is 2. The van der Waals surface area contributed by atoms with Gasteiger partial charge in [-0.1, -0.05) is 26.0 Å². The molecule has 1 N–H and O–H groups in total. The third-order valence-electron chi connectivity index (χ3n) is 3.17. The van der Waals surface area contributed by atoms with E-state index in [1.54, 1.807) is 0 Å². The molecule has 0 heterocycles. The Kier molecular flexibility index (Phi) is 5.87. The van der Waals surface area contributed by atoms with Gasteiger partial charge in [0, 0.05) is 5.92 Å². The van der Waals surface area contributed by atoms with Gasteiger partial charge in [0.05, 0.1) is 12.1 Å². The maximum atomic E-state index is 11.8. The maximum Gasteiger partial charge on any atom is 0.223 e. The molecule has 0 saturated carbocycles. The summed E-state index contributed by atoms with van der Waals surface area (Å²) in [5.74, 6) is 1.03. The Morgan fingerprint density at radius 3 is 2.21 bits per heavy atom. The topological polar surface area (TPSA) is 38.3 Å².